The maximum Gasteiger partial charge on any atom is 0.0541 e. The van der Waals surface area contributed by atoms with E-state index in [1.807, 2.05) is 13.8 Å². The highest BCUT2D eigenvalue weighted by Crippen LogP contribution is 2.37. The molecule has 2 nitrogen and oxygen atoms in total. The Morgan fingerprint density at radius 3 is 1.23 bits per heavy atom. The van der Waals surface area contributed by atoms with Crippen LogP contribution in [0.15, 0.2) is 170 Å². The summed E-state index contributed by atoms with van der Waals surface area (Å²) in [6.45, 7) is 8.28. The lowest BCUT2D eigenvalue weighted by atomic mass is 9.99. The minimum atomic E-state index is 1.16. The molecule has 2 aromatic heterocycles. The molecule has 2 heterocycles. The quantitative estimate of drug-likeness (QED) is 0.172. The molecule has 52 heavy (non-hydrogen) atoms. The van der Waals surface area contributed by atoms with Gasteiger partial charge in [-0.05, 0) is 108 Å². The number of hydrogen-bond donors (Lipinski definition) is 0. The third kappa shape index (κ3) is 5.63. The van der Waals surface area contributed by atoms with Crippen LogP contribution >= 0.6 is 0 Å². The van der Waals surface area contributed by atoms with Crippen molar-refractivity contribution < 1.29 is 0 Å². The van der Waals surface area contributed by atoms with Crippen LogP contribution in [0.2, 0.25) is 0 Å². The van der Waals surface area contributed by atoms with E-state index in [4.69, 9.17) is 0 Å². The standard InChI is InChI=1S/C48H36N2.C2H6/c1-3-41-42-31-37(23-28-46(42)49(45(41)4-2)40-25-20-35(21-26-40)33-14-8-5-9-15-33)38-24-29-48-44(32-38)43-30-36(34-16-10-6-11-17-34)22-27-47(43)50(48)39-18-12-7-13-19-39;1-2/h3-32H,1-2H3;1-2H3/b41-3-,45-4+;. The van der Waals surface area contributed by atoms with Crippen molar-refractivity contribution in [2.24, 2.45) is 0 Å². The number of rotatable bonds is 5. The lowest BCUT2D eigenvalue weighted by Crippen LogP contribution is -2.27. The highest BCUT2D eigenvalue weighted by Gasteiger charge is 2.16. The Hall–Kier alpha value is -6.38. The maximum absolute atomic E-state index is 2.39. The SMILES string of the molecule is C/C=c1\c(=C/C)n(-c2ccc(-c3ccccc3)cc2)c2ccc(-c3ccc4c(c3)c3cc(-c5ccccc5)ccc3n4-c3ccccc3)cc12.CC. The zero-order valence-corrected chi connectivity index (χ0v) is 30.2. The Morgan fingerprint density at radius 1 is 0.346 bits per heavy atom. The first kappa shape index (κ1) is 32.8. The van der Waals surface area contributed by atoms with Crippen molar-refractivity contribution in [2.75, 3.05) is 0 Å². The second kappa shape index (κ2) is 14.1. The molecular weight excluding hydrogens is 629 g/mol. The molecule has 0 radical (unpaired) electrons. The summed E-state index contributed by atoms with van der Waals surface area (Å²) in [5, 5.41) is 6.22. The molecule has 0 fully saturated rings. The van der Waals surface area contributed by atoms with Crippen molar-refractivity contribution in [1.29, 1.82) is 0 Å². The summed E-state index contributed by atoms with van der Waals surface area (Å²) in [5.41, 5.74) is 13.3. The molecule has 9 rings (SSSR count). The molecule has 0 bridgehead atoms. The highest BCUT2D eigenvalue weighted by molar-refractivity contribution is 6.11. The van der Waals surface area contributed by atoms with Gasteiger partial charge in [-0.25, -0.2) is 0 Å². The van der Waals surface area contributed by atoms with Gasteiger partial charge in [-0.2, -0.15) is 0 Å². The van der Waals surface area contributed by atoms with E-state index < -0.39 is 0 Å². The van der Waals surface area contributed by atoms with E-state index in [-0.39, 0.29) is 0 Å². The van der Waals surface area contributed by atoms with E-state index >= 15 is 0 Å². The molecule has 252 valence electrons. The van der Waals surface area contributed by atoms with E-state index in [1.54, 1.807) is 0 Å². The zero-order valence-electron chi connectivity index (χ0n) is 30.2. The van der Waals surface area contributed by atoms with Crippen molar-refractivity contribution in [3.05, 3.63) is 180 Å². The van der Waals surface area contributed by atoms with Gasteiger partial charge in [0.2, 0.25) is 0 Å². The van der Waals surface area contributed by atoms with Crippen LogP contribution in [0.3, 0.4) is 0 Å². The monoisotopic (exact) mass is 670 g/mol. The van der Waals surface area contributed by atoms with Crippen LogP contribution in [-0.2, 0) is 0 Å². The van der Waals surface area contributed by atoms with Crippen LogP contribution < -0.4 is 10.6 Å². The molecule has 9 aromatic rings. The van der Waals surface area contributed by atoms with Gasteiger partial charge in [0.1, 0.15) is 0 Å². The van der Waals surface area contributed by atoms with Gasteiger partial charge in [0, 0.05) is 38.1 Å². The summed E-state index contributed by atoms with van der Waals surface area (Å²) in [6, 6.07) is 61.6. The number of hydrogen-bond acceptors (Lipinski definition) is 0. The second-order valence-electron chi connectivity index (χ2n) is 12.9. The third-order valence-corrected chi connectivity index (χ3v) is 10.1. The molecule has 0 aliphatic heterocycles. The van der Waals surface area contributed by atoms with Gasteiger partial charge in [-0.3, -0.25) is 0 Å². The fourth-order valence-corrected chi connectivity index (χ4v) is 7.68. The van der Waals surface area contributed by atoms with Gasteiger partial charge in [0.05, 0.1) is 16.6 Å². The topological polar surface area (TPSA) is 9.86 Å². The molecule has 0 aliphatic rings. The molecule has 2 heteroatoms. The third-order valence-electron chi connectivity index (χ3n) is 10.1. The molecule has 0 saturated heterocycles. The Labute approximate surface area is 305 Å². The smallest absolute Gasteiger partial charge is 0.0541 e. The summed E-state index contributed by atoms with van der Waals surface area (Å²) in [6.07, 6.45) is 4.48. The number of benzene rings is 7. The predicted octanol–water partition coefficient (Wildman–Crippen LogP) is 12.4. The Balaban J connectivity index is 0.00000190. The van der Waals surface area contributed by atoms with E-state index in [9.17, 15) is 0 Å². The van der Waals surface area contributed by atoms with Gasteiger partial charge in [0.25, 0.3) is 0 Å². The van der Waals surface area contributed by atoms with E-state index in [0.29, 0.717) is 0 Å². The van der Waals surface area contributed by atoms with Crippen molar-refractivity contribution in [2.45, 2.75) is 27.7 Å². The summed E-state index contributed by atoms with van der Waals surface area (Å²) >= 11 is 0. The fraction of sp³-hybridized carbons (Fsp3) is 0.0800. The number of para-hydroxylation sites is 1. The van der Waals surface area contributed by atoms with Crippen LogP contribution in [0, 0.1) is 0 Å². The zero-order chi connectivity index (χ0) is 35.6. The molecule has 0 amide bonds. The van der Waals surface area contributed by atoms with Crippen LogP contribution in [0.5, 0.6) is 0 Å². The lowest BCUT2D eigenvalue weighted by molar-refractivity contribution is 1.07. The molecule has 0 unspecified atom stereocenters. The predicted molar refractivity (Wildman–Crippen MR) is 225 cm³/mol. The minimum Gasteiger partial charge on any atom is -0.310 e. The highest BCUT2D eigenvalue weighted by atomic mass is 15.0. The van der Waals surface area contributed by atoms with Gasteiger partial charge in [-0.1, -0.05) is 135 Å². The van der Waals surface area contributed by atoms with Crippen molar-refractivity contribution in [1.82, 2.24) is 9.13 Å². The summed E-state index contributed by atoms with van der Waals surface area (Å²) in [4.78, 5) is 0. The normalized spacial score (nSPS) is 12.1. The van der Waals surface area contributed by atoms with Gasteiger partial charge in [0.15, 0.2) is 0 Å². The van der Waals surface area contributed by atoms with Crippen molar-refractivity contribution in [3.8, 4) is 44.8 Å². The molecule has 0 N–H and O–H groups in total. The molecule has 0 saturated carbocycles. The largest absolute Gasteiger partial charge is 0.310 e. The molecule has 7 aromatic carbocycles. The van der Waals surface area contributed by atoms with Gasteiger partial charge < -0.3 is 9.13 Å². The minimum absolute atomic E-state index is 1.16. The Morgan fingerprint density at radius 2 is 0.731 bits per heavy atom. The van der Waals surface area contributed by atoms with Gasteiger partial charge in [-0.15, -0.1) is 0 Å². The summed E-state index contributed by atoms with van der Waals surface area (Å²) in [7, 11) is 0. The van der Waals surface area contributed by atoms with E-state index in [0.717, 1.165) is 5.69 Å². The summed E-state index contributed by atoms with van der Waals surface area (Å²) < 4.78 is 4.79. The van der Waals surface area contributed by atoms with E-state index in [2.05, 4.69) is 205 Å². The first-order valence-corrected chi connectivity index (χ1v) is 18.3. The molecule has 0 spiro atoms. The number of aromatic nitrogens is 2. The number of nitrogens with zero attached hydrogens (tertiary/aromatic N) is 2. The average Bonchev–Trinajstić information content (AvgIpc) is 3.73. The van der Waals surface area contributed by atoms with E-state index in [1.165, 1.54) is 82.3 Å². The first-order valence-electron chi connectivity index (χ1n) is 18.3. The average molecular weight is 671 g/mol. The summed E-state index contributed by atoms with van der Waals surface area (Å²) in [5.74, 6) is 0. The Kier molecular flexibility index (Phi) is 8.89. The number of fused-ring (bicyclic) bond motifs is 4. The van der Waals surface area contributed by atoms with Crippen molar-refractivity contribution >= 4 is 44.9 Å². The van der Waals surface area contributed by atoms with Crippen molar-refractivity contribution in [3.63, 3.8) is 0 Å². The van der Waals surface area contributed by atoms with Crippen LogP contribution in [0.1, 0.15) is 27.7 Å². The Bertz CT molecular complexity index is 2790. The van der Waals surface area contributed by atoms with Crippen LogP contribution in [0.25, 0.3) is 89.6 Å². The molecular formula is C50H42N2. The fourth-order valence-electron chi connectivity index (χ4n) is 7.68. The van der Waals surface area contributed by atoms with Crippen LogP contribution in [0.4, 0.5) is 0 Å². The first-order chi connectivity index (χ1) is 25.7. The van der Waals surface area contributed by atoms with Gasteiger partial charge >= 0.3 is 0 Å². The molecule has 0 atom stereocenters. The van der Waals surface area contributed by atoms with Crippen LogP contribution in [-0.4, -0.2) is 9.13 Å². The lowest BCUT2D eigenvalue weighted by Gasteiger charge is -2.10. The second-order valence-corrected chi connectivity index (χ2v) is 12.9. The maximum atomic E-state index is 2.39. The molecule has 0 aliphatic carbocycles.